The lowest BCUT2D eigenvalue weighted by atomic mass is 9.64. The molecule has 22 heavy (non-hydrogen) atoms. The van der Waals surface area contributed by atoms with Gasteiger partial charge in [0.2, 0.25) is 0 Å². The Morgan fingerprint density at radius 2 is 2.05 bits per heavy atom. The monoisotopic (exact) mass is 308 g/mol. The molecule has 2 rings (SSSR count). The van der Waals surface area contributed by atoms with Gasteiger partial charge in [0.25, 0.3) is 0 Å². The summed E-state index contributed by atoms with van der Waals surface area (Å²) in [6, 6.07) is 6.37. The Kier molecular flexibility index (Phi) is 5.77. The summed E-state index contributed by atoms with van der Waals surface area (Å²) in [6.07, 6.45) is 4.49. The fourth-order valence-corrected chi connectivity index (χ4v) is 2.99. The summed E-state index contributed by atoms with van der Waals surface area (Å²) in [7, 11) is 0. The molecule has 1 aromatic carbocycles. The van der Waals surface area contributed by atoms with E-state index in [9.17, 15) is 9.18 Å². The average molecular weight is 308 g/mol. The van der Waals surface area contributed by atoms with Crippen molar-refractivity contribution in [2.75, 3.05) is 13.2 Å². The predicted molar refractivity (Wildman–Crippen MR) is 84.2 cm³/mol. The molecule has 5 heteroatoms. The minimum absolute atomic E-state index is 0.00633. The number of hydrogen-bond donors (Lipinski definition) is 3. The molecule has 0 aromatic heterocycles. The molecule has 0 saturated heterocycles. The standard InChI is InChI=1S/C17H25FN2O2/c1-2-15(8-11-21)20-16(22)19-12-17(9-3-10-17)13-4-6-14(18)7-5-13/h4-7,15,21H,2-3,8-12H2,1H3,(H2,19,20,22). The van der Waals surface area contributed by atoms with Crippen LogP contribution in [0, 0.1) is 5.82 Å². The van der Waals surface area contributed by atoms with Gasteiger partial charge in [-0.1, -0.05) is 25.5 Å². The average Bonchev–Trinajstić information content (AvgIpc) is 2.47. The molecule has 1 unspecified atom stereocenters. The second-order valence-electron chi connectivity index (χ2n) is 6.09. The van der Waals surface area contributed by atoms with Crippen LogP contribution >= 0.6 is 0 Å². The third-order valence-corrected chi connectivity index (χ3v) is 4.66. The molecule has 1 aromatic rings. The highest BCUT2D eigenvalue weighted by Gasteiger charge is 2.38. The molecule has 1 saturated carbocycles. The molecule has 4 nitrogen and oxygen atoms in total. The fourth-order valence-electron chi connectivity index (χ4n) is 2.99. The highest BCUT2D eigenvalue weighted by molar-refractivity contribution is 5.74. The number of carbonyl (C=O) groups is 1. The van der Waals surface area contributed by atoms with E-state index in [0.717, 1.165) is 31.2 Å². The first-order valence-electron chi connectivity index (χ1n) is 8.01. The number of urea groups is 1. The second kappa shape index (κ2) is 7.58. The minimum Gasteiger partial charge on any atom is -0.396 e. The molecule has 3 N–H and O–H groups in total. The highest BCUT2D eigenvalue weighted by atomic mass is 19.1. The molecule has 0 heterocycles. The van der Waals surface area contributed by atoms with E-state index in [1.165, 1.54) is 12.1 Å². The van der Waals surface area contributed by atoms with Crippen molar-refractivity contribution in [2.24, 2.45) is 0 Å². The smallest absolute Gasteiger partial charge is 0.315 e. The van der Waals surface area contributed by atoms with Crippen molar-refractivity contribution in [3.63, 3.8) is 0 Å². The summed E-state index contributed by atoms with van der Waals surface area (Å²) in [5, 5.41) is 14.8. The zero-order valence-electron chi connectivity index (χ0n) is 13.1. The van der Waals surface area contributed by atoms with E-state index in [4.69, 9.17) is 5.11 Å². The van der Waals surface area contributed by atoms with E-state index in [-0.39, 0.29) is 29.9 Å². The number of carbonyl (C=O) groups excluding carboxylic acids is 1. The number of halogens is 1. The maximum absolute atomic E-state index is 13.1. The first kappa shape index (κ1) is 16.7. The number of aliphatic hydroxyl groups excluding tert-OH is 1. The molecule has 1 aliphatic carbocycles. The van der Waals surface area contributed by atoms with Crippen LogP contribution in [0.1, 0.15) is 44.6 Å². The summed E-state index contributed by atoms with van der Waals surface area (Å²) >= 11 is 0. The van der Waals surface area contributed by atoms with Crippen LogP contribution < -0.4 is 10.6 Å². The van der Waals surface area contributed by atoms with E-state index in [1.807, 2.05) is 19.1 Å². The molecule has 0 aliphatic heterocycles. The summed E-state index contributed by atoms with van der Waals surface area (Å²) < 4.78 is 13.1. The van der Waals surface area contributed by atoms with Gasteiger partial charge in [0.05, 0.1) is 0 Å². The Bertz CT molecular complexity index is 486. The molecular weight excluding hydrogens is 283 g/mol. The molecule has 1 fully saturated rings. The summed E-state index contributed by atoms with van der Waals surface area (Å²) in [5.74, 6) is -0.237. The topological polar surface area (TPSA) is 61.4 Å². The Morgan fingerprint density at radius 1 is 1.36 bits per heavy atom. The molecule has 122 valence electrons. The highest BCUT2D eigenvalue weighted by Crippen LogP contribution is 2.43. The van der Waals surface area contributed by atoms with Gasteiger partial charge in [0, 0.05) is 24.6 Å². The van der Waals surface area contributed by atoms with E-state index >= 15 is 0 Å². The molecule has 1 aliphatic rings. The van der Waals surface area contributed by atoms with Gasteiger partial charge in [-0.15, -0.1) is 0 Å². The Labute approximate surface area is 131 Å². The van der Waals surface area contributed by atoms with E-state index in [2.05, 4.69) is 10.6 Å². The normalized spacial score (nSPS) is 17.4. The van der Waals surface area contributed by atoms with Gasteiger partial charge in [0.1, 0.15) is 5.82 Å². The van der Waals surface area contributed by atoms with Crippen LogP contribution in [-0.2, 0) is 5.41 Å². The molecule has 0 bridgehead atoms. The van der Waals surface area contributed by atoms with Crippen molar-refractivity contribution < 1.29 is 14.3 Å². The Morgan fingerprint density at radius 3 is 2.55 bits per heavy atom. The third kappa shape index (κ3) is 3.97. The fraction of sp³-hybridized carbons (Fsp3) is 0.588. The SMILES string of the molecule is CCC(CCO)NC(=O)NCC1(c2ccc(F)cc2)CCC1. The largest absolute Gasteiger partial charge is 0.396 e. The van der Waals surface area contributed by atoms with Crippen molar-refractivity contribution in [2.45, 2.75) is 50.5 Å². The van der Waals surface area contributed by atoms with Crippen LogP contribution in [0.25, 0.3) is 0 Å². The molecule has 0 spiro atoms. The predicted octanol–water partition coefficient (Wildman–Crippen LogP) is 2.71. The van der Waals surface area contributed by atoms with Gasteiger partial charge in [-0.2, -0.15) is 0 Å². The van der Waals surface area contributed by atoms with Crippen molar-refractivity contribution in [1.29, 1.82) is 0 Å². The first-order valence-corrected chi connectivity index (χ1v) is 8.01. The lowest BCUT2D eigenvalue weighted by molar-refractivity contribution is 0.208. The van der Waals surface area contributed by atoms with Gasteiger partial charge in [0.15, 0.2) is 0 Å². The summed E-state index contributed by atoms with van der Waals surface area (Å²) in [6.45, 7) is 2.60. The van der Waals surface area contributed by atoms with Crippen LogP contribution in [0.2, 0.25) is 0 Å². The number of hydrogen-bond acceptors (Lipinski definition) is 2. The number of benzene rings is 1. The van der Waals surface area contributed by atoms with Gasteiger partial charge in [-0.3, -0.25) is 0 Å². The van der Waals surface area contributed by atoms with Crippen LogP contribution in [0.15, 0.2) is 24.3 Å². The first-order chi connectivity index (χ1) is 10.6. The number of amides is 2. The van der Waals surface area contributed by atoms with Crippen molar-refractivity contribution >= 4 is 6.03 Å². The van der Waals surface area contributed by atoms with E-state index < -0.39 is 0 Å². The minimum atomic E-state index is -0.237. The number of rotatable bonds is 7. The van der Waals surface area contributed by atoms with Crippen LogP contribution in [-0.4, -0.2) is 30.3 Å². The number of nitrogens with one attached hydrogen (secondary N) is 2. The lowest BCUT2D eigenvalue weighted by Crippen LogP contribution is -2.50. The van der Waals surface area contributed by atoms with E-state index in [0.29, 0.717) is 13.0 Å². The maximum atomic E-state index is 13.1. The zero-order chi connectivity index (χ0) is 16.0. The Hall–Kier alpha value is -1.62. The van der Waals surface area contributed by atoms with Crippen molar-refractivity contribution in [1.82, 2.24) is 10.6 Å². The Balaban J connectivity index is 1.91. The van der Waals surface area contributed by atoms with Crippen LogP contribution in [0.5, 0.6) is 0 Å². The van der Waals surface area contributed by atoms with Gasteiger partial charge >= 0.3 is 6.03 Å². The van der Waals surface area contributed by atoms with Gasteiger partial charge < -0.3 is 15.7 Å². The number of aliphatic hydroxyl groups is 1. The second-order valence-corrected chi connectivity index (χ2v) is 6.09. The quantitative estimate of drug-likeness (QED) is 0.725. The van der Waals surface area contributed by atoms with E-state index in [1.54, 1.807) is 0 Å². The summed E-state index contributed by atoms with van der Waals surface area (Å²) in [4.78, 5) is 12.0. The molecular formula is C17H25FN2O2. The van der Waals surface area contributed by atoms with Crippen LogP contribution in [0.3, 0.4) is 0 Å². The van der Waals surface area contributed by atoms with Gasteiger partial charge in [-0.05, 0) is 43.4 Å². The summed E-state index contributed by atoms with van der Waals surface area (Å²) in [5.41, 5.74) is 1.02. The molecule has 0 radical (unpaired) electrons. The van der Waals surface area contributed by atoms with Crippen molar-refractivity contribution in [3.05, 3.63) is 35.6 Å². The molecule has 1 atom stereocenters. The van der Waals surface area contributed by atoms with Crippen LogP contribution in [0.4, 0.5) is 9.18 Å². The lowest BCUT2D eigenvalue weighted by Gasteiger charge is -2.42. The zero-order valence-corrected chi connectivity index (χ0v) is 13.1. The molecule has 2 amide bonds. The van der Waals surface area contributed by atoms with Gasteiger partial charge in [-0.25, -0.2) is 9.18 Å². The van der Waals surface area contributed by atoms with Crippen molar-refractivity contribution in [3.8, 4) is 0 Å². The maximum Gasteiger partial charge on any atom is 0.315 e. The third-order valence-electron chi connectivity index (χ3n) is 4.66.